The van der Waals surface area contributed by atoms with Crippen LogP contribution < -0.4 is 15.0 Å². The normalized spacial score (nSPS) is 29.8. The lowest BCUT2D eigenvalue weighted by Crippen LogP contribution is -2.63. The summed E-state index contributed by atoms with van der Waals surface area (Å²) in [7, 11) is 8.97. The molecule has 3 aliphatic rings. The number of nitrogens with zero attached hydrogens (tertiary/aromatic N) is 3. The van der Waals surface area contributed by atoms with Crippen molar-refractivity contribution in [2.24, 2.45) is 5.92 Å². The van der Waals surface area contributed by atoms with E-state index in [0.29, 0.717) is 23.6 Å². The molecule has 0 saturated carbocycles. The zero-order chi connectivity index (χ0) is 41.7. The van der Waals surface area contributed by atoms with E-state index in [1.165, 1.54) is 52.7 Å². The van der Waals surface area contributed by atoms with E-state index in [9.17, 15) is 24.3 Å². The molecular weight excluding hydrogens is 796 g/mol. The number of rotatable bonds is 10. The minimum atomic E-state index is -1.83. The SMILES string of the molecule is COc1cc2cc(c1Cl)N(C)C(=O)C[C@H](OC(=O)[C@H](C)N(C)C(=O)CCSSc1ccccn1)[C@@]1(C)O[C@H]1[C@H](C)[C@@H]1C[C@@](O)(NC(=O)O1)[C@H](OC)/C=C/C=C(\C)C2. The number of ether oxygens (including phenoxy) is 5. The van der Waals surface area contributed by atoms with Crippen molar-refractivity contribution in [1.29, 1.82) is 0 Å². The third-order valence-electron chi connectivity index (χ3n) is 10.7. The Morgan fingerprint density at radius 1 is 1.25 bits per heavy atom. The number of halogens is 1. The number of allylic oxidation sites excluding steroid dienone is 3. The Morgan fingerprint density at radius 2 is 2.00 bits per heavy atom. The van der Waals surface area contributed by atoms with E-state index in [1.54, 1.807) is 58.3 Å². The average Bonchev–Trinajstić information content (AvgIpc) is 3.88. The number of epoxide rings is 1. The lowest BCUT2D eigenvalue weighted by atomic mass is 9.83. The smallest absolute Gasteiger partial charge is 0.409 e. The highest BCUT2D eigenvalue weighted by Crippen LogP contribution is 2.49. The van der Waals surface area contributed by atoms with Crippen LogP contribution in [0, 0.1) is 5.92 Å². The number of fused-ring (bicyclic) bond motifs is 5. The molecule has 2 N–H and O–H groups in total. The molecule has 57 heavy (non-hydrogen) atoms. The summed E-state index contributed by atoms with van der Waals surface area (Å²) >= 11 is 6.78. The highest BCUT2D eigenvalue weighted by molar-refractivity contribution is 8.76. The molecule has 3 amide bonds. The van der Waals surface area contributed by atoms with Gasteiger partial charge in [0.25, 0.3) is 0 Å². The van der Waals surface area contributed by atoms with Crippen molar-refractivity contribution in [2.75, 3.05) is 39.0 Å². The molecule has 1 aromatic heterocycles. The van der Waals surface area contributed by atoms with Gasteiger partial charge < -0.3 is 38.6 Å². The van der Waals surface area contributed by atoms with Gasteiger partial charge in [0.2, 0.25) is 11.8 Å². The maximum atomic E-state index is 14.2. The number of likely N-dealkylation sites (N-methyl/N-ethyl adjacent to an activating group) is 1. The molecule has 1 aromatic carbocycles. The molecule has 4 bridgehead atoms. The van der Waals surface area contributed by atoms with Crippen molar-refractivity contribution in [2.45, 2.75) is 100 Å². The fourth-order valence-corrected chi connectivity index (χ4v) is 9.19. The third kappa shape index (κ3) is 10.4. The molecule has 14 nitrogen and oxygen atoms in total. The lowest BCUT2D eigenvalue weighted by molar-refractivity contribution is -0.162. The van der Waals surface area contributed by atoms with Crippen LogP contribution in [-0.4, -0.2) is 115 Å². The number of carbonyl (C=O) groups excluding carboxylic acids is 4. The quantitative estimate of drug-likeness (QED) is 0.129. The second-order valence-electron chi connectivity index (χ2n) is 14.7. The van der Waals surface area contributed by atoms with Crippen LogP contribution in [0.15, 0.2) is 65.4 Å². The van der Waals surface area contributed by atoms with Gasteiger partial charge in [-0.2, -0.15) is 0 Å². The second-order valence-corrected chi connectivity index (χ2v) is 17.5. The van der Waals surface area contributed by atoms with Crippen LogP contribution in [0.25, 0.3) is 0 Å². The molecule has 5 rings (SSSR count). The Morgan fingerprint density at radius 3 is 2.68 bits per heavy atom. The van der Waals surface area contributed by atoms with E-state index < -0.39 is 65.7 Å². The number of anilines is 1. The van der Waals surface area contributed by atoms with E-state index in [1.807, 2.05) is 31.2 Å². The summed E-state index contributed by atoms with van der Waals surface area (Å²) in [5.74, 6) is -1.11. The number of alkyl carbamates (subject to hydrolysis) is 1. The van der Waals surface area contributed by atoms with E-state index in [-0.39, 0.29) is 30.2 Å². The number of carbonyl (C=O) groups is 4. The van der Waals surface area contributed by atoms with Gasteiger partial charge >= 0.3 is 12.1 Å². The van der Waals surface area contributed by atoms with Crippen LogP contribution >= 0.6 is 33.2 Å². The van der Waals surface area contributed by atoms with Gasteiger partial charge in [-0.1, -0.05) is 59.2 Å². The fourth-order valence-electron chi connectivity index (χ4n) is 7.02. The fraction of sp³-hybridized carbons (Fsp3) is 0.525. The van der Waals surface area contributed by atoms with Gasteiger partial charge in [-0.05, 0) is 67.8 Å². The molecule has 4 heterocycles. The Bertz CT molecular complexity index is 1870. The maximum absolute atomic E-state index is 14.2. The van der Waals surface area contributed by atoms with Crippen LogP contribution in [0.5, 0.6) is 5.75 Å². The summed E-state index contributed by atoms with van der Waals surface area (Å²) < 4.78 is 29.3. The van der Waals surface area contributed by atoms with Crippen LogP contribution in [0.3, 0.4) is 0 Å². The number of hydrogen-bond acceptors (Lipinski definition) is 13. The summed E-state index contributed by atoms with van der Waals surface area (Å²) in [5.41, 5.74) is -0.941. The summed E-state index contributed by atoms with van der Waals surface area (Å²) in [5, 5.41) is 15.3. The van der Waals surface area contributed by atoms with Gasteiger partial charge in [-0.15, -0.1) is 0 Å². The van der Waals surface area contributed by atoms with E-state index in [2.05, 4.69) is 10.3 Å². The first kappa shape index (κ1) is 44.3. The number of methoxy groups -OCH3 is 2. The molecule has 17 heteroatoms. The van der Waals surface area contributed by atoms with Crippen LogP contribution in [0.1, 0.15) is 52.5 Å². The molecule has 310 valence electrons. The Hall–Kier alpha value is -3.80. The average molecular weight is 847 g/mol. The van der Waals surface area contributed by atoms with E-state index in [0.717, 1.165) is 16.2 Å². The second kappa shape index (κ2) is 18.9. The first-order chi connectivity index (χ1) is 27.0. The zero-order valence-electron chi connectivity index (χ0n) is 33.4. The van der Waals surface area contributed by atoms with Gasteiger partial charge in [-0.25, -0.2) is 14.6 Å². The summed E-state index contributed by atoms with van der Waals surface area (Å²) in [6, 6.07) is 8.19. The van der Waals surface area contributed by atoms with Crippen molar-refractivity contribution in [3.63, 3.8) is 0 Å². The topological polar surface area (TPSA) is 169 Å². The first-order valence-electron chi connectivity index (χ1n) is 18.6. The van der Waals surface area contributed by atoms with Gasteiger partial charge in [0, 0.05) is 51.9 Å². The number of pyridine rings is 1. The van der Waals surface area contributed by atoms with Crippen LogP contribution in [0.2, 0.25) is 5.02 Å². The van der Waals surface area contributed by atoms with Crippen molar-refractivity contribution >= 4 is 62.8 Å². The van der Waals surface area contributed by atoms with Gasteiger partial charge in [0.1, 0.15) is 45.8 Å². The Balaban J connectivity index is 1.43. The predicted octanol–water partition coefficient (Wildman–Crippen LogP) is 5.74. The molecule has 2 fully saturated rings. The number of amides is 3. The number of hydrogen-bond donors (Lipinski definition) is 2. The standard InChI is InChI=1S/C40H51ClN4O10S2/c1-23-12-11-13-30(52-8)40(50)22-29(53-38(49)43-40)24(2)36-39(4,55-36)31(21-34(47)45(6)27-19-26(18-23)20-28(51-7)35(27)41)54-37(48)25(3)44(5)33(46)15-17-56-57-32-14-9-10-16-42-32/h9-14,16,19-20,24-25,29-31,36,50H,15,17-18,21-22H2,1-8H3,(H,43,49)/b13-11+,23-12+/t24-,25+,29+,30-,31+,36+,39-,40+/m1/s1. The Labute approximate surface area is 346 Å². The summed E-state index contributed by atoms with van der Waals surface area (Å²) in [4.78, 5) is 61.1. The molecule has 0 aliphatic carbocycles. The number of aliphatic hydroxyl groups is 1. The van der Waals surface area contributed by atoms with Crippen LogP contribution in [-0.2, 0) is 39.8 Å². The zero-order valence-corrected chi connectivity index (χ0v) is 35.7. The molecule has 0 unspecified atom stereocenters. The molecule has 0 spiro atoms. The Kier molecular flexibility index (Phi) is 14.7. The minimum absolute atomic E-state index is 0.0553. The van der Waals surface area contributed by atoms with Crippen molar-refractivity contribution < 1.29 is 48.0 Å². The predicted molar refractivity (Wildman–Crippen MR) is 218 cm³/mol. The number of aromatic nitrogens is 1. The number of nitrogens with one attached hydrogen (secondary N) is 1. The summed E-state index contributed by atoms with van der Waals surface area (Å²) in [6.07, 6.45) is 2.76. The lowest BCUT2D eigenvalue weighted by Gasteiger charge is -2.42. The maximum Gasteiger partial charge on any atom is 0.409 e. The highest BCUT2D eigenvalue weighted by atomic mass is 35.5. The van der Waals surface area contributed by atoms with Gasteiger partial charge in [0.15, 0.2) is 5.72 Å². The van der Waals surface area contributed by atoms with Gasteiger partial charge in [-0.3, -0.25) is 14.9 Å². The highest BCUT2D eigenvalue weighted by Gasteiger charge is 2.64. The van der Waals surface area contributed by atoms with Crippen LogP contribution in [0.4, 0.5) is 10.5 Å². The molecule has 2 aromatic rings. The van der Waals surface area contributed by atoms with Crippen molar-refractivity contribution in [3.05, 3.63) is 70.9 Å². The third-order valence-corrected chi connectivity index (χ3v) is 13.4. The molecule has 3 aliphatic heterocycles. The number of esters is 1. The molecule has 2 saturated heterocycles. The summed E-state index contributed by atoms with van der Waals surface area (Å²) in [6.45, 7) is 7.01. The van der Waals surface area contributed by atoms with Gasteiger partial charge in [0.05, 0.1) is 25.3 Å². The molecular formula is C40H51ClN4O10S2. The molecule has 8 atom stereocenters. The largest absolute Gasteiger partial charge is 0.495 e. The van der Waals surface area contributed by atoms with E-state index >= 15 is 0 Å². The van der Waals surface area contributed by atoms with Crippen molar-refractivity contribution in [3.8, 4) is 5.75 Å². The first-order valence-corrected chi connectivity index (χ1v) is 21.3. The number of benzene rings is 1. The monoisotopic (exact) mass is 846 g/mol. The molecule has 0 radical (unpaired) electrons. The van der Waals surface area contributed by atoms with E-state index in [4.69, 9.17) is 35.3 Å². The van der Waals surface area contributed by atoms with Crippen molar-refractivity contribution in [1.82, 2.24) is 15.2 Å². The minimum Gasteiger partial charge on any atom is -0.495 e.